The summed E-state index contributed by atoms with van der Waals surface area (Å²) in [6.45, 7) is 3.47. The van der Waals surface area contributed by atoms with Gasteiger partial charge in [-0.25, -0.2) is 8.42 Å². The molecule has 0 radical (unpaired) electrons. The maximum Gasteiger partial charge on any atom is 0.264 e. The number of carbonyl (C=O) groups excluding carboxylic acids is 1. The largest absolute Gasteiger partial charge is 0.495 e. The van der Waals surface area contributed by atoms with Crippen LogP contribution in [0.5, 0.6) is 5.75 Å². The number of rotatable bonds is 8. The lowest BCUT2D eigenvalue weighted by Crippen LogP contribution is -2.41. The second kappa shape index (κ2) is 9.66. The predicted octanol–water partition coefficient (Wildman–Crippen LogP) is 4.08. The number of benzene rings is 3. The number of aryl methyl sites for hydroxylation is 1. The molecule has 6 nitrogen and oxygen atoms in total. The molecule has 0 fully saturated rings. The van der Waals surface area contributed by atoms with Crippen molar-refractivity contribution in [3.05, 3.63) is 90.0 Å². The van der Waals surface area contributed by atoms with Crippen LogP contribution in [-0.4, -0.2) is 28.0 Å². The van der Waals surface area contributed by atoms with Crippen LogP contribution >= 0.6 is 0 Å². The average Bonchev–Trinajstić information content (AvgIpc) is 2.78. The van der Waals surface area contributed by atoms with Gasteiger partial charge in [0.15, 0.2) is 0 Å². The van der Waals surface area contributed by atoms with Crippen molar-refractivity contribution in [2.75, 3.05) is 18.0 Å². The van der Waals surface area contributed by atoms with E-state index < -0.39 is 15.9 Å². The number of nitrogens with zero attached hydrogens (tertiary/aromatic N) is 1. The zero-order chi connectivity index (χ0) is 22.4. The molecule has 0 aliphatic rings. The zero-order valence-corrected chi connectivity index (χ0v) is 18.6. The third-order valence-corrected chi connectivity index (χ3v) is 6.70. The highest BCUT2D eigenvalue weighted by molar-refractivity contribution is 7.92. The van der Waals surface area contributed by atoms with Crippen LogP contribution in [0.2, 0.25) is 0 Å². The van der Waals surface area contributed by atoms with Gasteiger partial charge >= 0.3 is 0 Å². The molecule has 3 aromatic carbocycles. The minimum Gasteiger partial charge on any atom is -0.495 e. The van der Waals surface area contributed by atoms with Gasteiger partial charge in [-0.1, -0.05) is 60.2 Å². The Kier molecular flexibility index (Phi) is 6.97. The number of methoxy groups -OCH3 is 1. The smallest absolute Gasteiger partial charge is 0.264 e. The van der Waals surface area contributed by atoms with Gasteiger partial charge in [0.2, 0.25) is 5.91 Å². The second-order valence-corrected chi connectivity index (χ2v) is 9.06. The number of para-hydroxylation sites is 2. The normalized spacial score (nSPS) is 12.1. The van der Waals surface area contributed by atoms with E-state index in [1.165, 1.54) is 19.2 Å². The quantitative estimate of drug-likeness (QED) is 0.575. The fraction of sp³-hybridized carbons (Fsp3) is 0.208. The van der Waals surface area contributed by atoms with Crippen LogP contribution in [0.15, 0.2) is 83.8 Å². The number of nitrogens with one attached hydrogen (secondary N) is 1. The van der Waals surface area contributed by atoms with E-state index in [9.17, 15) is 13.2 Å². The van der Waals surface area contributed by atoms with Gasteiger partial charge in [-0.15, -0.1) is 0 Å². The van der Waals surface area contributed by atoms with Crippen molar-refractivity contribution in [2.24, 2.45) is 0 Å². The molecule has 31 heavy (non-hydrogen) atoms. The van der Waals surface area contributed by atoms with Gasteiger partial charge in [-0.2, -0.15) is 0 Å². The predicted molar refractivity (Wildman–Crippen MR) is 122 cm³/mol. The lowest BCUT2D eigenvalue weighted by atomic mass is 10.1. The Morgan fingerprint density at radius 3 is 2.23 bits per heavy atom. The summed E-state index contributed by atoms with van der Waals surface area (Å²) in [7, 11) is -2.53. The monoisotopic (exact) mass is 438 g/mol. The molecule has 0 aromatic heterocycles. The van der Waals surface area contributed by atoms with Gasteiger partial charge < -0.3 is 10.1 Å². The maximum absolute atomic E-state index is 13.4. The number of ether oxygens (including phenoxy) is 1. The zero-order valence-electron chi connectivity index (χ0n) is 17.8. The van der Waals surface area contributed by atoms with E-state index >= 15 is 0 Å². The number of carbonyl (C=O) groups is 1. The van der Waals surface area contributed by atoms with Crippen molar-refractivity contribution < 1.29 is 17.9 Å². The summed E-state index contributed by atoms with van der Waals surface area (Å²) in [5.74, 6) is -0.0557. The van der Waals surface area contributed by atoms with E-state index in [4.69, 9.17) is 4.74 Å². The van der Waals surface area contributed by atoms with Crippen LogP contribution in [-0.2, 0) is 14.8 Å². The first kappa shape index (κ1) is 22.4. The van der Waals surface area contributed by atoms with Gasteiger partial charge in [-0.3, -0.25) is 9.10 Å². The van der Waals surface area contributed by atoms with E-state index in [-0.39, 0.29) is 17.5 Å². The Hall–Kier alpha value is -3.32. The molecule has 0 saturated heterocycles. The van der Waals surface area contributed by atoms with Gasteiger partial charge in [0.25, 0.3) is 10.0 Å². The summed E-state index contributed by atoms with van der Waals surface area (Å²) in [5, 5.41) is 2.89. The highest BCUT2D eigenvalue weighted by Crippen LogP contribution is 2.32. The van der Waals surface area contributed by atoms with Gasteiger partial charge in [0, 0.05) is 0 Å². The Balaban J connectivity index is 1.91. The van der Waals surface area contributed by atoms with Gasteiger partial charge in [-0.05, 0) is 43.7 Å². The molecule has 3 aromatic rings. The van der Waals surface area contributed by atoms with Gasteiger partial charge in [0.05, 0.1) is 23.7 Å². The lowest BCUT2D eigenvalue weighted by Gasteiger charge is -2.26. The number of hydrogen-bond donors (Lipinski definition) is 1. The molecule has 0 aliphatic carbocycles. The van der Waals surface area contributed by atoms with Gasteiger partial charge in [0.1, 0.15) is 12.3 Å². The van der Waals surface area contributed by atoms with Crippen LogP contribution in [0.3, 0.4) is 0 Å². The average molecular weight is 439 g/mol. The lowest BCUT2D eigenvalue weighted by molar-refractivity contribution is -0.120. The Morgan fingerprint density at radius 1 is 0.968 bits per heavy atom. The molecule has 3 rings (SSSR count). The molecule has 0 spiro atoms. The summed E-state index contributed by atoms with van der Waals surface area (Å²) < 4.78 is 33.3. The van der Waals surface area contributed by atoms with Crippen molar-refractivity contribution >= 4 is 21.6 Å². The number of hydrogen-bond acceptors (Lipinski definition) is 4. The van der Waals surface area contributed by atoms with Crippen molar-refractivity contribution in [1.82, 2.24) is 5.32 Å². The molecule has 0 aliphatic heterocycles. The van der Waals surface area contributed by atoms with Crippen molar-refractivity contribution in [3.63, 3.8) is 0 Å². The highest BCUT2D eigenvalue weighted by atomic mass is 32.2. The number of amides is 1. The van der Waals surface area contributed by atoms with E-state index in [1.54, 1.807) is 42.5 Å². The summed E-state index contributed by atoms with van der Waals surface area (Å²) in [5.41, 5.74) is 2.36. The molecule has 162 valence electrons. The fourth-order valence-corrected chi connectivity index (χ4v) is 4.66. The Bertz CT molecular complexity index is 1130. The van der Waals surface area contributed by atoms with Crippen molar-refractivity contribution in [3.8, 4) is 5.75 Å². The topological polar surface area (TPSA) is 75.7 Å². The van der Waals surface area contributed by atoms with Crippen molar-refractivity contribution in [1.29, 1.82) is 0 Å². The first-order valence-electron chi connectivity index (χ1n) is 9.89. The SMILES string of the molecule is COc1ccccc1N(CC(=O)N[C@H](C)c1ccc(C)cc1)S(=O)(=O)c1ccccc1. The van der Waals surface area contributed by atoms with Crippen LogP contribution in [0, 0.1) is 6.92 Å². The molecule has 0 saturated carbocycles. The Morgan fingerprint density at radius 2 is 1.58 bits per heavy atom. The molecule has 1 atom stereocenters. The first-order valence-corrected chi connectivity index (χ1v) is 11.3. The molecular formula is C24H26N2O4S. The highest BCUT2D eigenvalue weighted by Gasteiger charge is 2.29. The van der Waals surface area contributed by atoms with E-state index in [1.807, 2.05) is 38.1 Å². The molecule has 0 heterocycles. The molecule has 1 N–H and O–H groups in total. The minimum atomic E-state index is -4.00. The summed E-state index contributed by atoms with van der Waals surface area (Å²) in [6.07, 6.45) is 0. The standard InChI is InChI=1S/C24H26N2O4S/c1-18-13-15-20(16-14-18)19(2)25-24(27)17-26(22-11-7-8-12-23(22)30-3)31(28,29)21-9-5-4-6-10-21/h4-16,19H,17H2,1-3H3,(H,25,27)/t19-/m1/s1. The minimum absolute atomic E-state index is 0.0975. The van der Waals surface area contributed by atoms with Crippen LogP contribution in [0.4, 0.5) is 5.69 Å². The first-order chi connectivity index (χ1) is 14.8. The number of anilines is 1. The Labute approximate surface area is 183 Å². The van der Waals surface area contributed by atoms with Crippen molar-refractivity contribution in [2.45, 2.75) is 24.8 Å². The molecule has 7 heteroatoms. The molecular weight excluding hydrogens is 412 g/mol. The third kappa shape index (κ3) is 5.24. The summed E-state index contributed by atoms with van der Waals surface area (Å²) in [6, 6.07) is 22.3. The molecule has 0 bridgehead atoms. The molecule has 0 unspecified atom stereocenters. The van der Waals surface area contributed by atoms with Crippen LogP contribution in [0.25, 0.3) is 0 Å². The summed E-state index contributed by atoms with van der Waals surface area (Å²) in [4.78, 5) is 13.0. The van der Waals surface area contributed by atoms with Crippen LogP contribution in [0.1, 0.15) is 24.1 Å². The van der Waals surface area contributed by atoms with E-state index in [0.29, 0.717) is 11.4 Å². The molecule has 1 amide bonds. The van der Waals surface area contributed by atoms with E-state index in [0.717, 1.165) is 15.4 Å². The second-order valence-electron chi connectivity index (χ2n) is 7.20. The fourth-order valence-electron chi connectivity index (χ4n) is 3.21. The maximum atomic E-state index is 13.4. The number of sulfonamides is 1. The van der Waals surface area contributed by atoms with Crippen LogP contribution < -0.4 is 14.4 Å². The van der Waals surface area contributed by atoms with E-state index in [2.05, 4.69) is 5.32 Å². The third-order valence-electron chi connectivity index (χ3n) is 4.93. The summed E-state index contributed by atoms with van der Waals surface area (Å²) >= 11 is 0.